The van der Waals surface area contributed by atoms with E-state index in [4.69, 9.17) is 10.5 Å². The fourth-order valence-electron chi connectivity index (χ4n) is 3.80. The number of ether oxygens (including phenoxy) is 1. The lowest BCUT2D eigenvalue weighted by Crippen LogP contribution is -2.69. The van der Waals surface area contributed by atoms with Crippen molar-refractivity contribution in [2.24, 2.45) is 5.73 Å². The summed E-state index contributed by atoms with van der Waals surface area (Å²) in [6.07, 6.45) is -2.68. The maximum atomic E-state index is 13.5. The van der Waals surface area contributed by atoms with E-state index in [1.54, 1.807) is 0 Å². The van der Waals surface area contributed by atoms with Gasteiger partial charge in [-0.1, -0.05) is 0 Å². The fourth-order valence-corrected chi connectivity index (χ4v) is 3.80. The molecule has 1 atom stereocenters. The fraction of sp³-hybridized carbons (Fsp3) is 0.588. The molecule has 3 saturated carbocycles. The Kier molecular flexibility index (Phi) is 4.64. The van der Waals surface area contributed by atoms with E-state index in [1.807, 2.05) is 0 Å². The zero-order chi connectivity index (χ0) is 19.2. The van der Waals surface area contributed by atoms with Crippen molar-refractivity contribution in [3.63, 3.8) is 0 Å². The molecular formula is C17H20F4N2O3. The molecule has 0 aliphatic heterocycles. The largest absolute Gasteiger partial charge is 0.484 e. The molecule has 3 fully saturated rings. The minimum absolute atomic E-state index is 0.183. The number of hydrogen-bond donors (Lipinski definition) is 3. The SMILES string of the molecule is NC12CCC(NC(=O)COc3ccc(C(F)(F)F)c(F)c3)(CC1)C(O)C2. The third-order valence-corrected chi connectivity index (χ3v) is 5.38. The Bertz CT molecular complexity index is 700. The number of fused-ring (bicyclic) bond motifs is 3. The Balaban J connectivity index is 1.59. The second-order valence-corrected chi connectivity index (χ2v) is 7.21. The van der Waals surface area contributed by atoms with Gasteiger partial charge in [-0.2, -0.15) is 13.2 Å². The smallest absolute Gasteiger partial charge is 0.419 e. The van der Waals surface area contributed by atoms with Crippen LogP contribution in [0, 0.1) is 5.82 Å². The minimum Gasteiger partial charge on any atom is -0.484 e. The van der Waals surface area contributed by atoms with Crippen LogP contribution in [0.25, 0.3) is 0 Å². The number of halogens is 4. The zero-order valence-electron chi connectivity index (χ0n) is 13.9. The highest BCUT2D eigenvalue weighted by molar-refractivity contribution is 5.78. The number of carbonyl (C=O) groups excluding carboxylic acids is 1. The number of carbonyl (C=O) groups is 1. The van der Waals surface area contributed by atoms with Gasteiger partial charge in [-0.05, 0) is 44.2 Å². The lowest BCUT2D eigenvalue weighted by atomic mass is 9.60. The lowest BCUT2D eigenvalue weighted by molar-refractivity contribution is -0.140. The van der Waals surface area contributed by atoms with Crippen molar-refractivity contribution in [3.8, 4) is 5.75 Å². The molecule has 0 saturated heterocycles. The van der Waals surface area contributed by atoms with Gasteiger partial charge in [0.05, 0.1) is 17.2 Å². The molecule has 1 aromatic rings. The predicted octanol–water partition coefficient (Wildman–Crippen LogP) is 2.11. The van der Waals surface area contributed by atoms with Gasteiger partial charge in [-0.25, -0.2) is 4.39 Å². The van der Waals surface area contributed by atoms with E-state index >= 15 is 0 Å². The van der Waals surface area contributed by atoms with Gasteiger partial charge < -0.3 is 20.9 Å². The average Bonchev–Trinajstić information content (AvgIpc) is 2.53. The molecule has 0 heterocycles. The first-order valence-corrected chi connectivity index (χ1v) is 8.31. The number of aliphatic hydroxyl groups excluding tert-OH is 1. The van der Waals surface area contributed by atoms with Crippen molar-refractivity contribution in [2.45, 2.75) is 55.5 Å². The number of nitrogens with two attached hydrogens (primary N) is 1. The Morgan fingerprint density at radius 1 is 1.31 bits per heavy atom. The molecule has 26 heavy (non-hydrogen) atoms. The highest BCUT2D eigenvalue weighted by Gasteiger charge is 2.53. The van der Waals surface area contributed by atoms with Crippen LogP contribution in [0.5, 0.6) is 5.75 Å². The Morgan fingerprint density at radius 3 is 2.50 bits per heavy atom. The van der Waals surface area contributed by atoms with Crippen molar-refractivity contribution in [3.05, 3.63) is 29.6 Å². The molecule has 0 spiro atoms. The van der Waals surface area contributed by atoms with Crippen LogP contribution in [0.4, 0.5) is 17.6 Å². The number of aliphatic hydroxyl groups is 1. The second-order valence-electron chi connectivity index (χ2n) is 7.21. The maximum Gasteiger partial charge on any atom is 0.419 e. The van der Waals surface area contributed by atoms with Gasteiger partial charge in [0.1, 0.15) is 11.6 Å². The summed E-state index contributed by atoms with van der Waals surface area (Å²) in [6, 6.07) is 2.11. The normalized spacial score (nSPS) is 30.9. The molecule has 4 N–H and O–H groups in total. The van der Waals surface area contributed by atoms with Crippen LogP contribution in [0.3, 0.4) is 0 Å². The standard InChI is InChI=1S/C17H20F4N2O3/c18-12-7-10(1-2-11(12)17(19,20)21)26-9-14(25)23-16-5-3-15(22,4-6-16)8-13(16)24/h1-2,7,13,24H,3-6,8-9,22H2,(H,23,25). The van der Waals surface area contributed by atoms with Crippen LogP contribution < -0.4 is 15.8 Å². The molecule has 0 aromatic heterocycles. The van der Waals surface area contributed by atoms with Crippen LogP contribution in [0.2, 0.25) is 0 Å². The first-order chi connectivity index (χ1) is 12.0. The van der Waals surface area contributed by atoms with Gasteiger partial charge in [-0.3, -0.25) is 4.79 Å². The number of nitrogens with one attached hydrogen (secondary N) is 1. The Hall–Kier alpha value is -1.87. The van der Waals surface area contributed by atoms with Crippen molar-refractivity contribution in [2.75, 3.05) is 6.61 Å². The Labute approximate surface area is 147 Å². The van der Waals surface area contributed by atoms with Gasteiger partial charge in [0.2, 0.25) is 0 Å². The van der Waals surface area contributed by atoms with Crippen molar-refractivity contribution in [1.29, 1.82) is 0 Å². The summed E-state index contributed by atoms with van der Waals surface area (Å²) in [6.45, 7) is -0.493. The van der Waals surface area contributed by atoms with Crippen LogP contribution in [0.1, 0.15) is 37.7 Å². The topological polar surface area (TPSA) is 84.6 Å². The van der Waals surface area contributed by atoms with E-state index in [0.717, 1.165) is 6.07 Å². The van der Waals surface area contributed by atoms with Crippen molar-refractivity contribution < 1.29 is 32.2 Å². The van der Waals surface area contributed by atoms with E-state index in [-0.39, 0.29) is 11.3 Å². The number of hydrogen-bond acceptors (Lipinski definition) is 4. The first-order valence-electron chi connectivity index (χ1n) is 8.31. The van der Waals surface area contributed by atoms with Crippen LogP contribution in [0.15, 0.2) is 18.2 Å². The maximum absolute atomic E-state index is 13.5. The number of rotatable bonds is 4. The number of benzene rings is 1. The molecule has 2 bridgehead atoms. The van der Waals surface area contributed by atoms with Crippen molar-refractivity contribution in [1.82, 2.24) is 5.32 Å². The average molecular weight is 376 g/mol. The molecule has 1 aromatic carbocycles. The summed E-state index contributed by atoms with van der Waals surface area (Å²) in [7, 11) is 0. The summed E-state index contributed by atoms with van der Waals surface area (Å²) < 4.78 is 56.2. The predicted molar refractivity (Wildman–Crippen MR) is 83.8 cm³/mol. The summed E-state index contributed by atoms with van der Waals surface area (Å²) >= 11 is 0. The van der Waals surface area contributed by atoms with Crippen LogP contribution in [-0.4, -0.2) is 34.8 Å². The van der Waals surface area contributed by atoms with Gasteiger partial charge in [-0.15, -0.1) is 0 Å². The van der Waals surface area contributed by atoms with Crippen LogP contribution in [-0.2, 0) is 11.0 Å². The van der Waals surface area contributed by atoms with Crippen molar-refractivity contribution >= 4 is 5.91 Å². The van der Waals surface area contributed by atoms with E-state index < -0.39 is 41.7 Å². The molecule has 4 rings (SSSR count). The van der Waals surface area contributed by atoms with Gasteiger partial charge in [0, 0.05) is 11.6 Å². The van der Waals surface area contributed by atoms with E-state index in [1.165, 1.54) is 0 Å². The van der Waals surface area contributed by atoms with Gasteiger partial charge >= 0.3 is 6.18 Å². The van der Waals surface area contributed by atoms with E-state index in [2.05, 4.69) is 5.32 Å². The van der Waals surface area contributed by atoms with E-state index in [9.17, 15) is 27.5 Å². The highest BCUT2D eigenvalue weighted by Crippen LogP contribution is 2.45. The summed E-state index contributed by atoms with van der Waals surface area (Å²) in [5, 5.41) is 13.1. The summed E-state index contributed by atoms with van der Waals surface area (Å²) in [5.74, 6) is -2.18. The number of alkyl halides is 3. The molecule has 0 radical (unpaired) electrons. The molecule has 1 amide bonds. The zero-order valence-corrected chi connectivity index (χ0v) is 13.9. The van der Waals surface area contributed by atoms with Crippen LogP contribution >= 0.6 is 0 Å². The molecule has 3 aliphatic rings. The molecular weight excluding hydrogens is 356 g/mol. The molecule has 3 aliphatic carbocycles. The van der Waals surface area contributed by atoms with E-state index in [0.29, 0.717) is 44.2 Å². The lowest BCUT2D eigenvalue weighted by Gasteiger charge is -2.54. The summed E-state index contributed by atoms with van der Waals surface area (Å²) in [4.78, 5) is 12.2. The van der Waals surface area contributed by atoms with Gasteiger partial charge in [0.25, 0.3) is 5.91 Å². The summed E-state index contributed by atoms with van der Waals surface area (Å²) in [5.41, 5.74) is 3.61. The molecule has 5 nitrogen and oxygen atoms in total. The molecule has 1 unspecified atom stereocenters. The third-order valence-electron chi connectivity index (χ3n) is 5.38. The second kappa shape index (κ2) is 6.38. The molecule has 144 valence electrons. The first kappa shape index (κ1) is 18.9. The third kappa shape index (κ3) is 3.64. The van der Waals surface area contributed by atoms with Gasteiger partial charge in [0.15, 0.2) is 6.61 Å². The Morgan fingerprint density at radius 2 is 1.96 bits per heavy atom. The monoisotopic (exact) mass is 376 g/mol. The minimum atomic E-state index is -4.80. The number of amides is 1. The highest BCUT2D eigenvalue weighted by atomic mass is 19.4. The molecule has 9 heteroatoms. The quantitative estimate of drug-likeness (QED) is 0.703.